The first kappa shape index (κ1) is 9.68. The summed E-state index contributed by atoms with van der Waals surface area (Å²) in [6, 6.07) is 0. The van der Waals surface area contributed by atoms with Gasteiger partial charge in [0, 0.05) is 26.1 Å². The van der Waals surface area contributed by atoms with Gasteiger partial charge in [-0.15, -0.1) is 0 Å². The van der Waals surface area contributed by atoms with E-state index in [0.717, 1.165) is 26.1 Å². The van der Waals surface area contributed by atoms with Crippen LogP contribution in [0.2, 0.25) is 0 Å². The molecule has 0 spiro atoms. The topological polar surface area (TPSA) is 40.5 Å². The second kappa shape index (κ2) is 4.58. The van der Waals surface area contributed by atoms with Gasteiger partial charge in [0.05, 0.1) is 0 Å². The number of Topliss-reactive ketones (excluding diaryl/α,β-unsaturated/α-hetero) is 1. The Hall–Kier alpha value is -0.410. The van der Waals surface area contributed by atoms with Crippen molar-refractivity contribution in [3.8, 4) is 0 Å². The summed E-state index contributed by atoms with van der Waals surface area (Å²) in [4.78, 5) is 12.9. The zero-order valence-electron chi connectivity index (χ0n) is 7.62. The van der Waals surface area contributed by atoms with Gasteiger partial charge in [-0.2, -0.15) is 0 Å². The van der Waals surface area contributed by atoms with Crippen LogP contribution in [-0.2, 0) is 4.79 Å². The molecule has 1 heterocycles. The molecule has 1 aliphatic heterocycles. The van der Waals surface area contributed by atoms with Gasteiger partial charge >= 0.3 is 0 Å². The number of carbonyl (C=O) groups excluding carboxylic acids is 1. The Morgan fingerprint density at radius 1 is 1.67 bits per heavy atom. The third-order valence-electron chi connectivity index (χ3n) is 2.41. The highest BCUT2D eigenvalue weighted by molar-refractivity contribution is 5.75. The van der Waals surface area contributed by atoms with Crippen molar-refractivity contribution in [3.63, 3.8) is 0 Å². The van der Waals surface area contributed by atoms with Gasteiger partial charge in [-0.1, -0.05) is 0 Å². The number of aliphatic hydroxyl groups is 1. The first-order valence-corrected chi connectivity index (χ1v) is 4.55. The van der Waals surface area contributed by atoms with Gasteiger partial charge in [-0.05, 0) is 25.8 Å². The third-order valence-corrected chi connectivity index (χ3v) is 2.41. The lowest BCUT2D eigenvalue weighted by molar-refractivity contribution is -0.117. The molecule has 1 unspecified atom stereocenters. The Balaban J connectivity index is 2.15. The maximum atomic E-state index is 10.7. The number of nitrogens with zero attached hydrogens (tertiary/aromatic N) is 1. The normalized spacial score (nSPS) is 24.7. The van der Waals surface area contributed by atoms with E-state index in [4.69, 9.17) is 5.11 Å². The second-order valence-corrected chi connectivity index (χ2v) is 3.59. The number of aliphatic hydroxyl groups excluding tert-OH is 1. The maximum Gasteiger partial charge on any atom is 0.131 e. The van der Waals surface area contributed by atoms with Crippen molar-refractivity contribution in [2.45, 2.75) is 19.8 Å². The van der Waals surface area contributed by atoms with Gasteiger partial charge in [-0.3, -0.25) is 4.79 Å². The van der Waals surface area contributed by atoms with E-state index >= 15 is 0 Å². The first-order chi connectivity index (χ1) is 5.72. The van der Waals surface area contributed by atoms with E-state index in [-0.39, 0.29) is 12.4 Å². The van der Waals surface area contributed by atoms with Crippen LogP contribution < -0.4 is 0 Å². The highest BCUT2D eigenvalue weighted by atomic mass is 16.3. The van der Waals surface area contributed by atoms with Gasteiger partial charge in [0.1, 0.15) is 5.78 Å². The lowest BCUT2D eigenvalue weighted by Gasteiger charge is -2.13. The molecule has 0 amide bonds. The van der Waals surface area contributed by atoms with Crippen LogP contribution in [-0.4, -0.2) is 42.0 Å². The molecule has 0 aliphatic carbocycles. The Morgan fingerprint density at radius 3 is 2.92 bits per heavy atom. The molecule has 0 radical (unpaired) electrons. The SMILES string of the molecule is CC(=O)CCN1CCC(CO)C1. The summed E-state index contributed by atoms with van der Waals surface area (Å²) < 4.78 is 0. The Labute approximate surface area is 73.4 Å². The molecule has 1 atom stereocenters. The molecular formula is C9H17NO2. The van der Waals surface area contributed by atoms with Crippen molar-refractivity contribution < 1.29 is 9.90 Å². The monoisotopic (exact) mass is 171 g/mol. The standard InChI is InChI=1S/C9H17NO2/c1-8(12)2-4-10-5-3-9(6-10)7-11/h9,11H,2-7H2,1H3. The summed E-state index contributed by atoms with van der Waals surface area (Å²) in [7, 11) is 0. The average molecular weight is 171 g/mol. The molecule has 0 bridgehead atoms. The summed E-state index contributed by atoms with van der Waals surface area (Å²) in [5.41, 5.74) is 0. The summed E-state index contributed by atoms with van der Waals surface area (Å²) in [5.74, 6) is 0.694. The van der Waals surface area contributed by atoms with E-state index in [1.54, 1.807) is 6.92 Å². The number of likely N-dealkylation sites (tertiary alicyclic amines) is 1. The highest BCUT2D eigenvalue weighted by Gasteiger charge is 2.20. The van der Waals surface area contributed by atoms with Crippen molar-refractivity contribution in [2.24, 2.45) is 5.92 Å². The van der Waals surface area contributed by atoms with E-state index < -0.39 is 0 Å². The van der Waals surface area contributed by atoms with Crippen LogP contribution in [0.4, 0.5) is 0 Å². The van der Waals surface area contributed by atoms with E-state index in [1.807, 2.05) is 0 Å². The molecule has 3 nitrogen and oxygen atoms in total. The molecule has 0 aromatic rings. The predicted octanol–water partition coefficient (Wildman–Crippen LogP) is 0.280. The fourth-order valence-corrected chi connectivity index (χ4v) is 1.58. The van der Waals surface area contributed by atoms with E-state index in [1.165, 1.54) is 0 Å². The minimum atomic E-state index is 0.252. The van der Waals surface area contributed by atoms with Crippen molar-refractivity contribution in [3.05, 3.63) is 0 Å². The largest absolute Gasteiger partial charge is 0.396 e. The number of ketones is 1. The lowest BCUT2D eigenvalue weighted by atomic mass is 10.1. The van der Waals surface area contributed by atoms with Crippen LogP contribution in [0.3, 0.4) is 0 Å². The fourth-order valence-electron chi connectivity index (χ4n) is 1.58. The van der Waals surface area contributed by atoms with Gasteiger partial charge in [0.15, 0.2) is 0 Å². The van der Waals surface area contributed by atoms with Crippen LogP contribution >= 0.6 is 0 Å². The summed E-state index contributed by atoms with van der Waals surface area (Å²) >= 11 is 0. The minimum Gasteiger partial charge on any atom is -0.396 e. The average Bonchev–Trinajstić information content (AvgIpc) is 2.48. The predicted molar refractivity (Wildman–Crippen MR) is 46.9 cm³/mol. The summed E-state index contributed by atoms with van der Waals surface area (Å²) in [6.45, 7) is 4.78. The number of hydrogen-bond donors (Lipinski definition) is 1. The van der Waals surface area contributed by atoms with Crippen LogP contribution in [0.1, 0.15) is 19.8 Å². The first-order valence-electron chi connectivity index (χ1n) is 4.55. The molecule has 70 valence electrons. The number of rotatable bonds is 4. The van der Waals surface area contributed by atoms with Crippen molar-refractivity contribution in [1.82, 2.24) is 4.90 Å². The minimum absolute atomic E-state index is 0.252. The molecule has 0 aromatic carbocycles. The van der Waals surface area contributed by atoms with Gasteiger partial charge in [0.25, 0.3) is 0 Å². The molecule has 0 aromatic heterocycles. The molecule has 1 aliphatic rings. The Bertz CT molecular complexity index is 159. The highest BCUT2D eigenvalue weighted by Crippen LogP contribution is 2.15. The molecule has 0 saturated carbocycles. The van der Waals surface area contributed by atoms with Crippen LogP contribution in [0, 0.1) is 5.92 Å². The van der Waals surface area contributed by atoms with Gasteiger partial charge in [-0.25, -0.2) is 0 Å². The molecule has 12 heavy (non-hydrogen) atoms. The Morgan fingerprint density at radius 2 is 2.42 bits per heavy atom. The molecule has 1 rings (SSSR count). The number of carbonyl (C=O) groups is 1. The van der Waals surface area contributed by atoms with Crippen molar-refractivity contribution in [1.29, 1.82) is 0 Å². The zero-order valence-corrected chi connectivity index (χ0v) is 7.62. The maximum absolute atomic E-state index is 10.7. The van der Waals surface area contributed by atoms with Gasteiger partial charge in [0.2, 0.25) is 0 Å². The molecular weight excluding hydrogens is 154 g/mol. The summed E-state index contributed by atoms with van der Waals surface area (Å²) in [5, 5.41) is 8.87. The molecule has 1 N–H and O–H groups in total. The van der Waals surface area contributed by atoms with Crippen molar-refractivity contribution in [2.75, 3.05) is 26.2 Å². The van der Waals surface area contributed by atoms with E-state index in [0.29, 0.717) is 12.3 Å². The molecule has 1 fully saturated rings. The van der Waals surface area contributed by atoms with Crippen LogP contribution in [0.5, 0.6) is 0 Å². The van der Waals surface area contributed by atoms with E-state index in [9.17, 15) is 4.79 Å². The summed E-state index contributed by atoms with van der Waals surface area (Å²) in [6.07, 6.45) is 1.73. The quantitative estimate of drug-likeness (QED) is 0.660. The Kier molecular flexibility index (Phi) is 3.69. The number of hydrogen-bond acceptors (Lipinski definition) is 3. The van der Waals surface area contributed by atoms with Crippen molar-refractivity contribution >= 4 is 5.78 Å². The third kappa shape index (κ3) is 2.91. The lowest BCUT2D eigenvalue weighted by Crippen LogP contribution is -2.23. The van der Waals surface area contributed by atoms with E-state index in [2.05, 4.69) is 4.90 Å². The zero-order chi connectivity index (χ0) is 8.97. The molecule has 3 heteroatoms. The second-order valence-electron chi connectivity index (χ2n) is 3.59. The van der Waals surface area contributed by atoms with Crippen LogP contribution in [0.15, 0.2) is 0 Å². The van der Waals surface area contributed by atoms with Gasteiger partial charge < -0.3 is 10.0 Å². The van der Waals surface area contributed by atoms with Crippen LogP contribution in [0.25, 0.3) is 0 Å². The molecule has 1 saturated heterocycles. The fraction of sp³-hybridized carbons (Fsp3) is 0.889. The smallest absolute Gasteiger partial charge is 0.131 e.